The SMILES string of the molecule is SCCc1noc2c(Br)cc(Cl)cc12. The van der Waals surface area contributed by atoms with Crippen LogP contribution in [0.2, 0.25) is 5.02 Å². The van der Waals surface area contributed by atoms with Gasteiger partial charge < -0.3 is 4.52 Å². The Morgan fingerprint density at radius 1 is 1.50 bits per heavy atom. The summed E-state index contributed by atoms with van der Waals surface area (Å²) in [5.41, 5.74) is 1.64. The maximum absolute atomic E-state index is 5.93. The second-order valence-electron chi connectivity index (χ2n) is 2.87. The van der Waals surface area contributed by atoms with E-state index in [9.17, 15) is 0 Å². The van der Waals surface area contributed by atoms with Crippen molar-refractivity contribution in [1.82, 2.24) is 5.16 Å². The number of hydrogen-bond donors (Lipinski definition) is 1. The van der Waals surface area contributed by atoms with Gasteiger partial charge in [0.2, 0.25) is 0 Å². The molecule has 0 radical (unpaired) electrons. The first kappa shape index (κ1) is 10.3. The molecular formula is C9H7BrClNOS. The third kappa shape index (κ3) is 1.78. The summed E-state index contributed by atoms with van der Waals surface area (Å²) in [6, 6.07) is 3.65. The third-order valence-corrected chi connectivity index (χ3v) is 2.95. The molecule has 1 aromatic heterocycles. The van der Waals surface area contributed by atoms with Gasteiger partial charge in [-0.1, -0.05) is 16.8 Å². The molecule has 2 rings (SSSR count). The van der Waals surface area contributed by atoms with Crippen molar-refractivity contribution in [2.75, 3.05) is 5.75 Å². The molecule has 74 valence electrons. The Bertz CT molecular complexity index is 471. The van der Waals surface area contributed by atoms with Gasteiger partial charge in [0.05, 0.1) is 10.2 Å². The van der Waals surface area contributed by atoms with E-state index in [1.807, 2.05) is 6.07 Å². The van der Waals surface area contributed by atoms with E-state index in [1.165, 1.54) is 0 Å². The van der Waals surface area contributed by atoms with E-state index in [0.717, 1.165) is 33.3 Å². The van der Waals surface area contributed by atoms with Gasteiger partial charge in [0.25, 0.3) is 0 Å². The zero-order chi connectivity index (χ0) is 10.1. The lowest BCUT2D eigenvalue weighted by atomic mass is 10.2. The molecule has 0 unspecified atom stereocenters. The fourth-order valence-corrected chi connectivity index (χ4v) is 2.40. The molecule has 0 aliphatic carbocycles. The summed E-state index contributed by atoms with van der Waals surface area (Å²) < 4.78 is 6.03. The quantitative estimate of drug-likeness (QED) is 0.854. The average molecular weight is 293 g/mol. The van der Waals surface area contributed by atoms with Crippen molar-refractivity contribution in [3.63, 3.8) is 0 Å². The van der Waals surface area contributed by atoms with Gasteiger partial charge >= 0.3 is 0 Å². The van der Waals surface area contributed by atoms with Crippen molar-refractivity contribution >= 4 is 51.1 Å². The largest absolute Gasteiger partial charge is 0.355 e. The zero-order valence-electron chi connectivity index (χ0n) is 7.13. The standard InChI is InChI=1S/C9H7BrClNOS/c10-7-4-5(11)3-6-8(1-2-14)12-13-9(6)7/h3-4,14H,1-2H2. The van der Waals surface area contributed by atoms with Crippen molar-refractivity contribution in [1.29, 1.82) is 0 Å². The van der Waals surface area contributed by atoms with Crippen molar-refractivity contribution < 1.29 is 4.52 Å². The van der Waals surface area contributed by atoms with Crippen molar-refractivity contribution in [2.45, 2.75) is 6.42 Å². The number of thiol groups is 1. The van der Waals surface area contributed by atoms with Crippen LogP contribution in [-0.2, 0) is 6.42 Å². The minimum atomic E-state index is 0.674. The Balaban J connectivity index is 2.66. The molecular weight excluding hydrogens is 286 g/mol. The van der Waals surface area contributed by atoms with Gasteiger partial charge in [-0.2, -0.15) is 12.6 Å². The van der Waals surface area contributed by atoms with Gasteiger partial charge in [0, 0.05) is 16.8 Å². The van der Waals surface area contributed by atoms with Crippen LogP contribution in [-0.4, -0.2) is 10.9 Å². The fraction of sp³-hybridized carbons (Fsp3) is 0.222. The van der Waals surface area contributed by atoms with Crippen LogP contribution in [0.15, 0.2) is 21.1 Å². The van der Waals surface area contributed by atoms with Crippen LogP contribution in [0.4, 0.5) is 0 Å². The minimum absolute atomic E-state index is 0.674. The lowest BCUT2D eigenvalue weighted by Gasteiger charge is -1.94. The molecule has 0 amide bonds. The first-order valence-electron chi connectivity index (χ1n) is 4.06. The van der Waals surface area contributed by atoms with E-state index in [1.54, 1.807) is 6.07 Å². The van der Waals surface area contributed by atoms with Gasteiger partial charge in [-0.15, -0.1) is 0 Å². The molecule has 0 fully saturated rings. The number of rotatable bonds is 2. The van der Waals surface area contributed by atoms with Gasteiger partial charge in [-0.05, 0) is 33.8 Å². The van der Waals surface area contributed by atoms with Crippen LogP contribution in [0.3, 0.4) is 0 Å². The lowest BCUT2D eigenvalue weighted by Crippen LogP contribution is -1.86. The number of hydrogen-bond acceptors (Lipinski definition) is 3. The van der Waals surface area contributed by atoms with E-state index < -0.39 is 0 Å². The average Bonchev–Trinajstić information content (AvgIpc) is 2.49. The number of fused-ring (bicyclic) bond motifs is 1. The molecule has 0 atom stereocenters. The van der Waals surface area contributed by atoms with Crippen molar-refractivity contribution in [3.8, 4) is 0 Å². The molecule has 0 aliphatic heterocycles. The first-order valence-corrected chi connectivity index (χ1v) is 5.87. The Hall–Kier alpha value is -0.190. The minimum Gasteiger partial charge on any atom is -0.355 e. The smallest absolute Gasteiger partial charge is 0.181 e. The number of nitrogens with zero attached hydrogens (tertiary/aromatic N) is 1. The van der Waals surface area contributed by atoms with Gasteiger partial charge in [0.15, 0.2) is 5.58 Å². The predicted octanol–water partition coefficient (Wildman–Crippen LogP) is 3.72. The van der Waals surface area contributed by atoms with E-state index >= 15 is 0 Å². The van der Waals surface area contributed by atoms with Crippen LogP contribution in [0, 0.1) is 0 Å². The van der Waals surface area contributed by atoms with E-state index in [2.05, 4.69) is 33.7 Å². The maximum Gasteiger partial charge on any atom is 0.181 e. The topological polar surface area (TPSA) is 26.0 Å². The van der Waals surface area contributed by atoms with E-state index in [-0.39, 0.29) is 0 Å². The summed E-state index contributed by atoms with van der Waals surface area (Å²) in [5, 5.41) is 5.61. The monoisotopic (exact) mass is 291 g/mol. The fourth-order valence-electron chi connectivity index (χ4n) is 1.30. The molecule has 0 saturated carbocycles. The summed E-state index contributed by atoms with van der Waals surface area (Å²) in [5.74, 6) is 0.742. The molecule has 1 heterocycles. The van der Waals surface area contributed by atoms with Crippen LogP contribution in [0.5, 0.6) is 0 Å². The highest BCUT2D eigenvalue weighted by atomic mass is 79.9. The Kier molecular flexibility index (Phi) is 3.04. The number of aryl methyl sites for hydroxylation is 1. The van der Waals surface area contributed by atoms with Gasteiger partial charge in [0.1, 0.15) is 0 Å². The second kappa shape index (κ2) is 4.13. The molecule has 2 aromatic rings. The molecule has 0 bridgehead atoms. The molecule has 0 aliphatic rings. The number of benzene rings is 1. The van der Waals surface area contributed by atoms with Crippen molar-refractivity contribution in [3.05, 3.63) is 27.3 Å². The number of halogens is 2. The number of aromatic nitrogens is 1. The molecule has 0 saturated heterocycles. The molecule has 0 N–H and O–H groups in total. The normalized spacial score (nSPS) is 11.1. The molecule has 5 heteroatoms. The van der Waals surface area contributed by atoms with Crippen LogP contribution < -0.4 is 0 Å². The molecule has 0 spiro atoms. The summed E-state index contributed by atoms with van der Waals surface area (Å²) in [6.45, 7) is 0. The Morgan fingerprint density at radius 3 is 3.00 bits per heavy atom. The van der Waals surface area contributed by atoms with E-state index in [0.29, 0.717) is 5.02 Å². The zero-order valence-corrected chi connectivity index (χ0v) is 10.4. The molecule has 2 nitrogen and oxygen atoms in total. The lowest BCUT2D eigenvalue weighted by molar-refractivity contribution is 0.446. The highest BCUT2D eigenvalue weighted by Gasteiger charge is 2.11. The molecule has 14 heavy (non-hydrogen) atoms. The maximum atomic E-state index is 5.93. The van der Waals surface area contributed by atoms with Crippen LogP contribution in [0.1, 0.15) is 5.69 Å². The highest BCUT2D eigenvalue weighted by Crippen LogP contribution is 2.30. The van der Waals surface area contributed by atoms with Crippen LogP contribution in [0.25, 0.3) is 11.0 Å². The van der Waals surface area contributed by atoms with E-state index in [4.69, 9.17) is 16.1 Å². The van der Waals surface area contributed by atoms with Crippen LogP contribution >= 0.6 is 40.2 Å². The van der Waals surface area contributed by atoms with Crippen molar-refractivity contribution in [2.24, 2.45) is 0 Å². The second-order valence-corrected chi connectivity index (χ2v) is 4.61. The first-order chi connectivity index (χ1) is 6.72. The summed E-state index contributed by atoms with van der Waals surface area (Å²) >= 11 is 13.5. The van der Waals surface area contributed by atoms with Gasteiger partial charge in [-0.3, -0.25) is 0 Å². The summed E-state index contributed by atoms with van der Waals surface area (Å²) in [4.78, 5) is 0. The predicted molar refractivity (Wildman–Crippen MR) is 64.3 cm³/mol. The Morgan fingerprint density at radius 2 is 2.29 bits per heavy atom. The van der Waals surface area contributed by atoms with Gasteiger partial charge in [-0.25, -0.2) is 0 Å². The molecule has 1 aromatic carbocycles. The third-order valence-electron chi connectivity index (χ3n) is 1.92. The highest BCUT2D eigenvalue weighted by molar-refractivity contribution is 9.10. The summed E-state index contributed by atoms with van der Waals surface area (Å²) in [6.07, 6.45) is 0.781. The summed E-state index contributed by atoms with van der Waals surface area (Å²) in [7, 11) is 0. The Labute approximate surface area is 100 Å².